The van der Waals surface area contributed by atoms with Gasteiger partial charge in [-0.2, -0.15) is 13.2 Å². The fourth-order valence-electron chi connectivity index (χ4n) is 6.35. The van der Waals surface area contributed by atoms with Crippen LogP contribution in [-0.4, -0.2) is 102 Å². The maximum atomic E-state index is 12.6. The Kier molecular flexibility index (Phi) is 9.92. The average Bonchev–Trinajstić information content (AvgIpc) is 2.98. The number of hydrogen-bond donors (Lipinski definition) is 2. The lowest BCUT2D eigenvalue weighted by molar-refractivity contribution is -0.149. The first-order valence-electron chi connectivity index (χ1n) is 14.6. The monoisotopic (exact) mass is 638 g/mol. The van der Waals surface area contributed by atoms with Crippen molar-refractivity contribution in [3.8, 4) is 0 Å². The van der Waals surface area contributed by atoms with Crippen molar-refractivity contribution in [1.29, 1.82) is 0 Å². The number of pyridine rings is 1. The number of aromatic nitrogens is 1. The Morgan fingerprint density at radius 1 is 1.02 bits per heavy atom. The van der Waals surface area contributed by atoms with Crippen LogP contribution in [-0.2, 0) is 16.1 Å². The molecule has 8 nitrogen and oxygen atoms in total. The maximum Gasteiger partial charge on any atom is 0.401 e. The molecule has 1 aromatic heterocycles. The summed E-state index contributed by atoms with van der Waals surface area (Å²) in [6.45, 7) is 7.78. The van der Waals surface area contributed by atoms with Gasteiger partial charge in [0.1, 0.15) is 17.9 Å². The van der Waals surface area contributed by atoms with Crippen molar-refractivity contribution in [2.45, 2.75) is 74.5 Å². The van der Waals surface area contributed by atoms with E-state index >= 15 is 0 Å². The number of carbonyl (C=O) groups is 2. The highest BCUT2D eigenvalue weighted by atomic mass is 35.5. The fourth-order valence-corrected chi connectivity index (χ4v) is 7.04. The van der Waals surface area contributed by atoms with Crippen molar-refractivity contribution in [3.05, 3.63) is 47.1 Å². The van der Waals surface area contributed by atoms with E-state index in [1.807, 2.05) is 0 Å². The van der Waals surface area contributed by atoms with Gasteiger partial charge in [0.15, 0.2) is 0 Å². The van der Waals surface area contributed by atoms with Crippen LogP contribution in [0.25, 0.3) is 0 Å². The predicted molar refractivity (Wildman–Crippen MR) is 164 cm³/mol. The minimum absolute atomic E-state index is 0.162. The molecule has 2 aliphatic heterocycles. The normalized spacial score (nSPS) is 26.1. The van der Waals surface area contributed by atoms with Gasteiger partial charge in [-0.25, -0.2) is 4.98 Å². The van der Waals surface area contributed by atoms with Gasteiger partial charge in [0.2, 0.25) is 11.6 Å². The molecule has 0 radical (unpaired) electrons. The Morgan fingerprint density at radius 3 is 2.33 bits per heavy atom. The van der Waals surface area contributed by atoms with E-state index in [2.05, 4.69) is 74.7 Å². The molecular weight excluding hydrogens is 601 g/mol. The molecule has 2 unspecified atom stereocenters. The Morgan fingerprint density at radius 2 is 1.70 bits per heavy atom. The zero-order valence-corrected chi connectivity index (χ0v) is 26.1. The molecular formula is C30H38ClF3N6O2S. The molecule has 0 bridgehead atoms. The zero-order chi connectivity index (χ0) is 30.9. The van der Waals surface area contributed by atoms with Gasteiger partial charge in [-0.15, -0.1) is 11.8 Å². The Labute approximate surface area is 259 Å². The number of halogens is 4. The van der Waals surface area contributed by atoms with Crippen LogP contribution in [0.2, 0.25) is 5.02 Å². The van der Waals surface area contributed by atoms with E-state index < -0.39 is 36.4 Å². The fraction of sp³-hybridized carbons (Fsp3) is 0.567. The minimum atomic E-state index is -4.49. The highest BCUT2D eigenvalue weighted by molar-refractivity contribution is 7.98. The number of anilines is 2. The third-order valence-electron chi connectivity index (χ3n) is 8.71. The lowest BCUT2D eigenvalue weighted by Gasteiger charge is -2.49. The minimum Gasteiger partial charge on any atom is -0.372 e. The summed E-state index contributed by atoms with van der Waals surface area (Å²) in [6.07, 6.45) is 1.35. The summed E-state index contributed by atoms with van der Waals surface area (Å²) in [6, 6.07) is 9.05. The molecule has 5 rings (SSSR count). The summed E-state index contributed by atoms with van der Waals surface area (Å²) < 4.78 is 37.8. The molecule has 13 heteroatoms. The number of piperidine rings is 1. The average molecular weight is 639 g/mol. The molecule has 234 valence electrons. The van der Waals surface area contributed by atoms with Crippen molar-refractivity contribution < 1.29 is 22.8 Å². The van der Waals surface area contributed by atoms with Gasteiger partial charge >= 0.3 is 6.18 Å². The largest absolute Gasteiger partial charge is 0.401 e. The zero-order valence-electron chi connectivity index (χ0n) is 24.5. The Balaban J connectivity index is 1.15. The van der Waals surface area contributed by atoms with E-state index in [1.165, 1.54) is 16.7 Å². The smallest absolute Gasteiger partial charge is 0.372 e. The van der Waals surface area contributed by atoms with Crippen molar-refractivity contribution >= 4 is 46.4 Å². The summed E-state index contributed by atoms with van der Waals surface area (Å²) in [7, 11) is 0. The van der Waals surface area contributed by atoms with Crippen LogP contribution >= 0.6 is 23.4 Å². The van der Waals surface area contributed by atoms with E-state index in [1.54, 1.807) is 17.8 Å². The summed E-state index contributed by atoms with van der Waals surface area (Å²) >= 11 is 8.40. The van der Waals surface area contributed by atoms with Gasteiger partial charge in [0.25, 0.3) is 0 Å². The molecule has 4 atom stereocenters. The quantitative estimate of drug-likeness (QED) is 0.305. The molecule has 3 heterocycles. The van der Waals surface area contributed by atoms with Crippen molar-refractivity contribution in [3.63, 3.8) is 0 Å². The highest BCUT2D eigenvalue weighted by Crippen LogP contribution is 2.33. The number of benzene rings is 1. The van der Waals surface area contributed by atoms with Gasteiger partial charge in [0, 0.05) is 42.7 Å². The van der Waals surface area contributed by atoms with Gasteiger partial charge in [0.05, 0.1) is 23.5 Å². The number of likely N-dealkylation sites (tertiary alicyclic amines) is 1. The molecule has 3 fully saturated rings. The van der Waals surface area contributed by atoms with E-state index in [-0.39, 0.29) is 6.04 Å². The summed E-state index contributed by atoms with van der Waals surface area (Å²) in [5, 5.41) is 5.32. The Hall–Kier alpha value is -2.38. The van der Waals surface area contributed by atoms with E-state index in [0.717, 1.165) is 45.6 Å². The number of Topliss-reactive ketones (excluding diaryl/α,β-unsaturated/α-hetero) is 2. The second kappa shape index (κ2) is 13.3. The molecule has 43 heavy (non-hydrogen) atoms. The predicted octanol–water partition coefficient (Wildman–Crippen LogP) is 4.47. The SMILES string of the molecule is CSc1ccc(CN2CCC(N3C[C@H](C)N(c4ncc(NC5C(=O)C(=O)C5NCC(F)(F)F)cc4Cl)C[C@H]3C)CC2)cc1. The first-order chi connectivity index (χ1) is 20.4. The van der Waals surface area contributed by atoms with Crippen LogP contribution in [0, 0.1) is 0 Å². The number of hydrogen-bond acceptors (Lipinski definition) is 9. The first-order valence-corrected chi connectivity index (χ1v) is 16.2. The van der Waals surface area contributed by atoms with Gasteiger partial charge in [-0.1, -0.05) is 23.7 Å². The number of carbonyl (C=O) groups excluding carboxylic acids is 2. The number of ketones is 2. The van der Waals surface area contributed by atoms with Crippen LogP contribution in [0.3, 0.4) is 0 Å². The van der Waals surface area contributed by atoms with Crippen LogP contribution in [0.1, 0.15) is 32.3 Å². The van der Waals surface area contributed by atoms with Gasteiger partial charge in [-0.05, 0) is 69.8 Å². The van der Waals surface area contributed by atoms with Gasteiger partial charge < -0.3 is 10.2 Å². The number of thioether (sulfide) groups is 1. The van der Waals surface area contributed by atoms with Crippen molar-refractivity contribution in [2.75, 3.05) is 49.2 Å². The summed E-state index contributed by atoms with van der Waals surface area (Å²) in [5.74, 6) is -1.02. The van der Waals surface area contributed by atoms with E-state index in [4.69, 9.17) is 11.6 Å². The van der Waals surface area contributed by atoms with Crippen LogP contribution in [0.4, 0.5) is 24.7 Å². The lowest BCUT2D eigenvalue weighted by Crippen LogP contribution is -2.67. The number of alkyl halides is 3. The topological polar surface area (TPSA) is 80.8 Å². The molecule has 2 N–H and O–H groups in total. The first kappa shape index (κ1) is 32.0. The second-order valence-corrected chi connectivity index (χ2v) is 13.0. The van der Waals surface area contributed by atoms with E-state index in [0.29, 0.717) is 28.6 Å². The van der Waals surface area contributed by atoms with Crippen LogP contribution in [0.15, 0.2) is 41.4 Å². The maximum absolute atomic E-state index is 12.6. The molecule has 3 aliphatic rings. The third kappa shape index (κ3) is 7.47. The summed E-state index contributed by atoms with van der Waals surface area (Å²) in [4.78, 5) is 37.1. The third-order valence-corrected chi connectivity index (χ3v) is 9.73. The second-order valence-electron chi connectivity index (χ2n) is 11.8. The molecule has 1 aromatic carbocycles. The Bertz CT molecular complexity index is 1310. The highest BCUT2D eigenvalue weighted by Gasteiger charge is 2.50. The number of rotatable bonds is 9. The molecule has 2 saturated heterocycles. The number of piperazine rings is 1. The van der Waals surface area contributed by atoms with Crippen LogP contribution < -0.4 is 15.5 Å². The van der Waals surface area contributed by atoms with Crippen molar-refractivity contribution in [2.24, 2.45) is 0 Å². The van der Waals surface area contributed by atoms with Crippen LogP contribution in [0.5, 0.6) is 0 Å². The number of nitrogens with zero attached hydrogens (tertiary/aromatic N) is 4. The number of nitrogens with one attached hydrogen (secondary N) is 2. The van der Waals surface area contributed by atoms with E-state index in [9.17, 15) is 22.8 Å². The van der Waals surface area contributed by atoms with Crippen molar-refractivity contribution in [1.82, 2.24) is 20.1 Å². The summed E-state index contributed by atoms with van der Waals surface area (Å²) in [5.41, 5.74) is 1.72. The molecule has 1 aliphatic carbocycles. The standard InChI is InChI=1S/C30H38ClF3N6O2S/c1-18-15-40(19(2)14-39(18)22-8-10-38(11-9-22)16-20-4-6-23(43-3)7-5-20)29-24(31)12-21(13-35-29)37-26-25(27(41)28(26)42)36-17-30(32,33)34/h4-7,12-13,18-19,22,25-26,36-37H,8-11,14-17H2,1-3H3/t18-,19+,25?,26?/m1/s1. The lowest BCUT2D eigenvalue weighted by atomic mass is 9.83. The molecule has 1 saturated carbocycles. The molecule has 2 aromatic rings. The molecule has 0 amide bonds. The van der Waals surface area contributed by atoms with Gasteiger partial charge in [-0.3, -0.25) is 24.7 Å². The molecule has 0 spiro atoms.